The normalized spacial score (nSPS) is 12.6. The van der Waals surface area contributed by atoms with Crippen LogP contribution in [0.25, 0.3) is 0 Å². The van der Waals surface area contributed by atoms with Crippen molar-refractivity contribution in [1.29, 1.82) is 0 Å². The number of aryl methyl sites for hydroxylation is 1. The Balaban J connectivity index is 1.90. The zero-order valence-electron chi connectivity index (χ0n) is 9.90. The third kappa shape index (κ3) is 3.43. The lowest BCUT2D eigenvalue weighted by molar-refractivity contribution is 0.483. The minimum atomic E-state index is -0.245. The van der Waals surface area contributed by atoms with Gasteiger partial charge in [0.1, 0.15) is 11.6 Å². The molecule has 2 rings (SSSR count). The van der Waals surface area contributed by atoms with Crippen LogP contribution in [0.4, 0.5) is 4.39 Å². The Morgan fingerprint density at radius 1 is 1.28 bits per heavy atom. The Bertz CT molecular complexity index is 499. The van der Waals surface area contributed by atoms with Crippen molar-refractivity contribution >= 4 is 15.9 Å². The summed E-state index contributed by atoms with van der Waals surface area (Å²) >= 11 is 3.25. The van der Waals surface area contributed by atoms with Gasteiger partial charge in [-0.1, -0.05) is 12.1 Å². The minimum Gasteiger partial charge on any atom is -0.469 e. The first-order chi connectivity index (χ1) is 8.66. The predicted octanol–water partition coefficient (Wildman–Crippen LogP) is 3.68. The Morgan fingerprint density at radius 2 is 2.11 bits per heavy atom. The van der Waals surface area contributed by atoms with Crippen molar-refractivity contribution in [3.8, 4) is 0 Å². The maximum atomic E-state index is 13.3. The van der Waals surface area contributed by atoms with E-state index in [1.807, 2.05) is 18.2 Å². The van der Waals surface area contributed by atoms with Gasteiger partial charge in [-0.05, 0) is 52.5 Å². The lowest BCUT2D eigenvalue weighted by Gasteiger charge is -2.12. The molecule has 1 aromatic heterocycles. The van der Waals surface area contributed by atoms with E-state index >= 15 is 0 Å². The average Bonchev–Trinajstić information content (AvgIpc) is 2.86. The lowest BCUT2D eigenvalue weighted by atomic mass is 10.0. The van der Waals surface area contributed by atoms with Crippen molar-refractivity contribution in [2.24, 2.45) is 5.73 Å². The highest BCUT2D eigenvalue weighted by molar-refractivity contribution is 9.10. The molecule has 0 fully saturated rings. The van der Waals surface area contributed by atoms with Crippen molar-refractivity contribution in [1.82, 2.24) is 0 Å². The molecule has 96 valence electrons. The second-order valence-corrected chi connectivity index (χ2v) is 5.09. The molecule has 2 aromatic rings. The van der Waals surface area contributed by atoms with E-state index in [0.29, 0.717) is 10.9 Å². The molecule has 18 heavy (non-hydrogen) atoms. The number of hydrogen-bond acceptors (Lipinski definition) is 2. The molecule has 4 heteroatoms. The third-order valence-corrected chi connectivity index (χ3v) is 3.74. The van der Waals surface area contributed by atoms with Crippen molar-refractivity contribution in [3.63, 3.8) is 0 Å². The van der Waals surface area contributed by atoms with E-state index in [1.54, 1.807) is 12.3 Å². The average molecular weight is 312 g/mol. The first kappa shape index (κ1) is 13.3. The summed E-state index contributed by atoms with van der Waals surface area (Å²) in [5.41, 5.74) is 6.96. The van der Waals surface area contributed by atoms with Crippen LogP contribution in [-0.2, 0) is 12.8 Å². The standard InChI is InChI=1S/C14H15BrFNO/c15-14-10(3-1-5-13(14)16)9-11(17)6-7-12-4-2-8-18-12/h1-5,8,11H,6-7,9,17H2. The second-order valence-electron chi connectivity index (χ2n) is 4.30. The quantitative estimate of drug-likeness (QED) is 0.914. The van der Waals surface area contributed by atoms with Crippen LogP contribution in [-0.4, -0.2) is 6.04 Å². The van der Waals surface area contributed by atoms with E-state index < -0.39 is 0 Å². The molecule has 1 aromatic carbocycles. The van der Waals surface area contributed by atoms with Gasteiger partial charge >= 0.3 is 0 Å². The number of hydrogen-bond donors (Lipinski definition) is 1. The van der Waals surface area contributed by atoms with E-state index in [1.165, 1.54) is 6.07 Å². The summed E-state index contributed by atoms with van der Waals surface area (Å²) in [7, 11) is 0. The van der Waals surface area contributed by atoms with Crippen molar-refractivity contribution in [2.45, 2.75) is 25.3 Å². The first-order valence-corrected chi connectivity index (χ1v) is 6.67. The molecule has 0 radical (unpaired) electrons. The smallest absolute Gasteiger partial charge is 0.137 e. The molecule has 0 spiro atoms. The lowest BCUT2D eigenvalue weighted by Crippen LogP contribution is -2.23. The largest absolute Gasteiger partial charge is 0.469 e. The van der Waals surface area contributed by atoms with Crippen molar-refractivity contribution in [3.05, 3.63) is 58.2 Å². The zero-order chi connectivity index (χ0) is 13.0. The molecule has 1 atom stereocenters. The van der Waals surface area contributed by atoms with Crippen LogP contribution in [0.1, 0.15) is 17.7 Å². The molecule has 1 heterocycles. The maximum absolute atomic E-state index is 13.3. The highest BCUT2D eigenvalue weighted by Crippen LogP contribution is 2.22. The van der Waals surface area contributed by atoms with Crippen LogP contribution in [0.5, 0.6) is 0 Å². The summed E-state index contributed by atoms with van der Waals surface area (Å²) in [6.07, 6.45) is 3.93. The highest BCUT2D eigenvalue weighted by atomic mass is 79.9. The zero-order valence-corrected chi connectivity index (χ0v) is 11.5. The number of benzene rings is 1. The van der Waals surface area contributed by atoms with Gasteiger partial charge in [0.25, 0.3) is 0 Å². The molecule has 0 saturated carbocycles. The number of rotatable bonds is 5. The van der Waals surface area contributed by atoms with Gasteiger partial charge in [0.05, 0.1) is 10.7 Å². The molecule has 1 unspecified atom stereocenters. The van der Waals surface area contributed by atoms with E-state index in [-0.39, 0.29) is 11.9 Å². The molecule has 0 saturated heterocycles. The summed E-state index contributed by atoms with van der Waals surface area (Å²) in [4.78, 5) is 0. The second kappa shape index (κ2) is 6.16. The first-order valence-electron chi connectivity index (χ1n) is 5.87. The van der Waals surface area contributed by atoms with Crippen LogP contribution < -0.4 is 5.73 Å². The Labute approximate surface area is 114 Å². The SMILES string of the molecule is NC(CCc1ccco1)Cc1cccc(F)c1Br. The fraction of sp³-hybridized carbons (Fsp3) is 0.286. The van der Waals surface area contributed by atoms with E-state index in [9.17, 15) is 4.39 Å². The predicted molar refractivity (Wildman–Crippen MR) is 72.8 cm³/mol. The third-order valence-electron chi connectivity index (χ3n) is 2.86. The van der Waals surface area contributed by atoms with E-state index in [0.717, 1.165) is 24.2 Å². The molecule has 0 aliphatic heterocycles. The maximum Gasteiger partial charge on any atom is 0.137 e. The molecular weight excluding hydrogens is 297 g/mol. The Kier molecular flexibility index (Phi) is 4.55. The summed E-state index contributed by atoms with van der Waals surface area (Å²) in [5, 5.41) is 0. The summed E-state index contributed by atoms with van der Waals surface area (Å²) in [6.45, 7) is 0. The number of nitrogens with two attached hydrogens (primary N) is 1. The van der Waals surface area contributed by atoms with Crippen LogP contribution >= 0.6 is 15.9 Å². The van der Waals surface area contributed by atoms with Crippen molar-refractivity contribution < 1.29 is 8.81 Å². The Morgan fingerprint density at radius 3 is 2.83 bits per heavy atom. The van der Waals surface area contributed by atoms with Crippen LogP contribution in [0, 0.1) is 5.82 Å². The summed E-state index contributed by atoms with van der Waals surface area (Å²) in [5.74, 6) is 0.689. The topological polar surface area (TPSA) is 39.2 Å². The van der Waals surface area contributed by atoms with E-state index in [2.05, 4.69) is 15.9 Å². The molecule has 0 aliphatic rings. The van der Waals surface area contributed by atoms with Gasteiger partial charge in [-0.2, -0.15) is 0 Å². The summed E-state index contributed by atoms with van der Waals surface area (Å²) < 4.78 is 19.1. The summed E-state index contributed by atoms with van der Waals surface area (Å²) in [6, 6.07) is 8.82. The van der Waals surface area contributed by atoms with Crippen LogP contribution in [0.3, 0.4) is 0 Å². The van der Waals surface area contributed by atoms with Crippen LogP contribution in [0.15, 0.2) is 45.5 Å². The molecule has 0 aliphatic carbocycles. The van der Waals surface area contributed by atoms with Gasteiger partial charge < -0.3 is 10.2 Å². The van der Waals surface area contributed by atoms with Crippen molar-refractivity contribution in [2.75, 3.05) is 0 Å². The van der Waals surface area contributed by atoms with E-state index in [4.69, 9.17) is 10.2 Å². The van der Waals surface area contributed by atoms with Gasteiger partial charge in [-0.3, -0.25) is 0 Å². The monoisotopic (exact) mass is 311 g/mol. The number of halogens is 2. The molecule has 2 nitrogen and oxygen atoms in total. The van der Waals surface area contributed by atoms with Gasteiger partial charge in [-0.15, -0.1) is 0 Å². The fourth-order valence-corrected chi connectivity index (χ4v) is 2.30. The van der Waals surface area contributed by atoms with Gasteiger partial charge in [0, 0.05) is 12.5 Å². The van der Waals surface area contributed by atoms with Gasteiger partial charge in [0.2, 0.25) is 0 Å². The number of furan rings is 1. The molecule has 0 amide bonds. The highest BCUT2D eigenvalue weighted by Gasteiger charge is 2.10. The Hall–Kier alpha value is -1.13. The molecule has 0 bridgehead atoms. The molecule has 2 N–H and O–H groups in total. The fourth-order valence-electron chi connectivity index (χ4n) is 1.87. The van der Waals surface area contributed by atoms with Crippen LogP contribution in [0.2, 0.25) is 0 Å². The minimum absolute atomic E-state index is 0.00630. The molecular formula is C14H15BrFNO. The van der Waals surface area contributed by atoms with Gasteiger partial charge in [-0.25, -0.2) is 4.39 Å². The van der Waals surface area contributed by atoms with Gasteiger partial charge in [0.15, 0.2) is 0 Å².